The van der Waals surface area contributed by atoms with Crippen LogP contribution in [0.15, 0.2) is 60.8 Å². The van der Waals surface area contributed by atoms with Crippen LogP contribution in [0.5, 0.6) is 0 Å². The van der Waals surface area contributed by atoms with E-state index in [2.05, 4.69) is 79.9 Å². The third kappa shape index (κ3) is 32.5. The van der Waals surface area contributed by atoms with Crippen LogP contribution in [0.3, 0.4) is 0 Å². The Morgan fingerprint density at radius 3 is 1.81 bits per heavy atom. The summed E-state index contributed by atoms with van der Waals surface area (Å²) < 4.78 is 23.0. The summed E-state index contributed by atoms with van der Waals surface area (Å²) in [5.74, 6) is -0.229. The van der Waals surface area contributed by atoms with Crippen molar-refractivity contribution in [2.45, 2.75) is 135 Å². The van der Waals surface area contributed by atoms with E-state index >= 15 is 0 Å². The van der Waals surface area contributed by atoms with E-state index in [4.69, 9.17) is 9.05 Å². The summed E-state index contributed by atoms with van der Waals surface area (Å²) in [6, 6.07) is -0.829. The molecule has 3 atom stereocenters. The number of hydrogen-bond acceptors (Lipinski definition) is 6. The number of aliphatic hydroxyl groups is 1. The van der Waals surface area contributed by atoms with Crippen molar-refractivity contribution in [3.63, 3.8) is 0 Å². The van der Waals surface area contributed by atoms with Gasteiger partial charge in [0.15, 0.2) is 0 Å². The van der Waals surface area contributed by atoms with Gasteiger partial charge >= 0.3 is 0 Å². The fourth-order valence-corrected chi connectivity index (χ4v) is 5.32. The van der Waals surface area contributed by atoms with Crippen LogP contribution in [0.4, 0.5) is 0 Å². The fraction of sp³-hybridized carbons (Fsp3) is 0.711. The van der Waals surface area contributed by atoms with E-state index in [0.29, 0.717) is 23.9 Å². The number of aliphatic hydroxyl groups excluding tert-OH is 1. The highest BCUT2D eigenvalue weighted by atomic mass is 31.2. The standard InChI is InChI=1S/C38H69N2O6P/c1-6-8-10-12-14-16-17-18-19-20-21-22-23-24-26-28-30-32-38(42)39-36(35-46-47(43,44)45-34-33-40(3,4)5)37(41)31-29-27-25-15-13-11-9-7-2/h8,10,14,16,18-19,21-22,24,26,36-37,41H,6-7,9,11-13,15,17,20,23,25,27-35H2,1-5H3,(H-,39,42,43,44)/b10-8-,16-14-,19-18-,22-21-,26-24-. The number of amides is 1. The maximum Gasteiger partial charge on any atom is 0.268 e. The topological polar surface area (TPSA) is 108 Å². The molecule has 0 saturated heterocycles. The molecule has 0 heterocycles. The molecule has 0 spiro atoms. The van der Waals surface area contributed by atoms with Crippen LogP contribution in [0.2, 0.25) is 0 Å². The molecule has 0 saturated carbocycles. The first-order chi connectivity index (χ1) is 22.5. The van der Waals surface area contributed by atoms with Crippen LogP contribution in [0.25, 0.3) is 0 Å². The molecule has 47 heavy (non-hydrogen) atoms. The number of carbonyl (C=O) groups is 1. The Balaban J connectivity index is 4.56. The molecule has 0 rings (SSSR count). The van der Waals surface area contributed by atoms with Crippen molar-refractivity contribution in [3.05, 3.63) is 60.8 Å². The van der Waals surface area contributed by atoms with Crippen LogP contribution in [-0.2, 0) is 18.4 Å². The van der Waals surface area contributed by atoms with Crippen molar-refractivity contribution >= 4 is 13.7 Å². The number of allylic oxidation sites excluding steroid dienone is 10. The molecular formula is C38H69N2O6P. The number of nitrogens with zero attached hydrogens (tertiary/aromatic N) is 1. The lowest BCUT2D eigenvalue weighted by molar-refractivity contribution is -0.870. The van der Waals surface area contributed by atoms with E-state index in [0.717, 1.165) is 57.8 Å². The van der Waals surface area contributed by atoms with E-state index in [-0.39, 0.29) is 25.5 Å². The van der Waals surface area contributed by atoms with Gasteiger partial charge in [-0.15, -0.1) is 0 Å². The molecule has 9 heteroatoms. The molecule has 0 radical (unpaired) electrons. The number of quaternary nitrogens is 1. The third-order valence-electron chi connectivity index (χ3n) is 7.52. The smallest absolute Gasteiger partial charge is 0.268 e. The van der Waals surface area contributed by atoms with E-state index in [1.807, 2.05) is 21.1 Å². The zero-order valence-corrected chi connectivity index (χ0v) is 31.3. The number of likely N-dealkylation sites (N-methyl/N-ethyl adjacent to an activating group) is 1. The second-order valence-electron chi connectivity index (χ2n) is 13.2. The minimum Gasteiger partial charge on any atom is -0.756 e. The summed E-state index contributed by atoms with van der Waals surface area (Å²) in [5, 5.41) is 13.7. The number of carbonyl (C=O) groups excluding carboxylic acids is 1. The Morgan fingerprint density at radius 2 is 1.28 bits per heavy atom. The molecule has 3 unspecified atom stereocenters. The van der Waals surface area contributed by atoms with Gasteiger partial charge in [0.25, 0.3) is 7.82 Å². The molecule has 8 nitrogen and oxygen atoms in total. The molecule has 0 aliphatic rings. The highest BCUT2D eigenvalue weighted by Crippen LogP contribution is 2.38. The summed E-state index contributed by atoms with van der Waals surface area (Å²) in [7, 11) is 1.25. The van der Waals surface area contributed by atoms with Crippen molar-refractivity contribution in [3.8, 4) is 0 Å². The monoisotopic (exact) mass is 680 g/mol. The maximum atomic E-state index is 12.7. The summed E-state index contributed by atoms with van der Waals surface area (Å²) in [6.07, 6.45) is 36.7. The predicted octanol–water partition coefficient (Wildman–Crippen LogP) is 8.49. The van der Waals surface area contributed by atoms with E-state index in [9.17, 15) is 19.4 Å². The van der Waals surface area contributed by atoms with Gasteiger partial charge in [0.2, 0.25) is 5.91 Å². The zero-order chi connectivity index (χ0) is 35.1. The first-order valence-electron chi connectivity index (χ1n) is 18.1. The van der Waals surface area contributed by atoms with E-state index in [1.54, 1.807) is 0 Å². The Hall–Kier alpha value is -1.80. The van der Waals surface area contributed by atoms with E-state index in [1.165, 1.54) is 32.1 Å². The Labute approximate surface area is 288 Å². The number of rotatable bonds is 31. The highest BCUT2D eigenvalue weighted by Gasteiger charge is 2.24. The lowest BCUT2D eigenvalue weighted by Crippen LogP contribution is -2.46. The average molecular weight is 681 g/mol. The van der Waals surface area contributed by atoms with Gasteiger partial charge in [-0.3, -0.25) is 9.36 Å². The molecule has 1 amide bonds. The van der Waals surface area contributed by atoms with Crippen LogP contribution in [-0.4, -0.2) is 68.5 Å². The van der Waals surface area contributed by atoms with E-state index < -0.39 is 20.0 Å². The summed E-state index contributed by atoms with van der Waals surface area (Å²) in [4.78, 5) is 25.1. The van der Waals surface area contributed by atoms with Gasteiger partial charge in [-0.1, -0.05) is 126 Å². The van der Waals surface area contributed by atoms with Crippen LogP contribution >= 0.6 is 7.82 Å². The van der Waals surface area contributed by atoms with Crippen molar-refractivity contribution in [1.29, 1.82) is 0 Å². The molecule has 272 valence electrons. The summed E-state index contributed by atoms with van der Waals surface area (Å²) in [5.41, 5.74) is 0. The highest BCUT2D eigenvalue weighted by molar-refractivity contribution is 7.45. The summed E-state index contributed by atoms with van der Waals surface area (Å²) >= 11 is 0. The van der Waals surface area contributed by atoms with Gasteiger partial charge in [-0.2, -0.15) is 0 Å². The molecule has 2 N–H and O–H groups in total. The number of nitrogens with one attached hydrogen (secondary N) is 1. The first kappa shape index (κ1) is 45.2. The van der Waals surface area contributed by atoms with Crippen LogP contribution in [0, 0.1) is 0 Å². The predicted molar refractivity (Wildman–Crippen MR) is 196 cm³/mol. The normalized spacial score (nSPS) is 15.5. The van der Waals surface area contributed by atoms with Gasteiger partial charge in [-0.25, -0.2) is 0 Å². The molecule has 0 aromatic rings. The fourth-order valence-electron chi connectivity index (χ4n) is 4.60. The third-order valence-corrected chi connectivity index (χ3v) is 8.48. The molecule has 0 fully saturated rings. The van der Waals surface area contributed by atoms with Crippen molar-refractivity contribution in [2.24, 2.45) is 0 Å². The number of unbranched alkanes of at least 4 members (excludes halogenated alkanes) is 8. The average Bonchev–Trinajstić information content (AvgIpc) is 3.01. The summed E-state index contributed by atoms with van der Waals surface area (Å²) in [6.45, 7) is 4.48. The van der Waals surface area contributed by atoms with Gasteiger partial charge in [0, 0.05) is 6.42 Å². The maximum absolute atomic E-state index is 12.7. The van der Waals surface area contributed by atoms with Crippen LogP contribution in [0.1, 0.15) is 123 Å². The van der Waals surface area contributed by atoms with Crippen molar-refractivity contribution in [1.82, 2.24) is 5.32 Å². The van der Waals surface area contributed by atoms with Crippen molar-refractivity contribution < 1.29 is 32.9 Å². The van der Waals surface area contributed by atoms with Gasteiger partial charge in [0.1, 0.15) is 13.2 Å². The van der Waals surface area contributed by atoms with Crippen molar-refractivity contribution in [2.75, 3.05) is 40.9 Å². The molecule has 0 aliphatic carbocycles. The molecule has 0 aromatic heterocycles. The number of phosphoric ester groups is 1. The minimum atomic E-state index is -4.57. The Bertz CT molecular complexity index is 954. The molecule has 0 bridgehead atoms. The number of phosphoric acid groups is 1. The lowest BCUT2D eigenvalue weighted by atomic mass is 10.0. The minimum absolute atomic E-state index is 0.00207. The van der Waals surface area contributed by atoms with Gasteiger partial charge < -0.3 is 28.8 Å². The quantitative estimate of drug-likeness (QED) is 0.0329. The largest absolute Gasteiger partial charge is 0.756 e. The molecule has 0 aromatic carbocycles. The zero-order valence-electron chi connectivity index (χ0n) is 30.5. The molecule has 0 aliphatic heterocycles. The first-order valence-corrected chi connectivity index (χ1v) is 19.6. The second kappa shape index (κ2) is 30.3. The Morgan fingerprint density at radius 1 is 0.766 bits per heavy atom. The Kier molecular flexibility index (Phi) is 29.1. The lowest BCUT2D eigenvalue weighted by Gasteiger charge is -2.30. The number of hydrogen-bond donors (Lipinski definition) is 2. The second-order valence-corrected chi connectivity index (χ2v) is 14.6. The molecular weight excluding hydrogens is 611 g/mol. The van der Waals surface area contributed by atoms with Gasteiger partial charge in [0.05, 0.1) is 39.9 Å². The van der Waals surface area contributed by atoms with Gasteiger partial charge in [-0.05, 0) is 51.4 Å². The SMILES string of the molecule is CC/C=C\C/C=C\C/C=C\C/C=C\C/C=C\CCCC(=O)NC(COP(=O)([O-])OCC[N+](C)(C)C)C(O)CCCCCCCCCC. The van der Waals surface area contributed by atoms with Crippen LogP contribution < -0.4 is 10.2 Å².